The summed E-state index contributed by atoms with van der Waals surface area (Å²) in [6.45, 7) is 1.95. The molecule has 2 N–H and O–H groups in total. The van der Waals surface area contributed by atoms with Gasteiger partial charge in [-0.05, 0) is 59.8 Å². The van der Waals surface area contributed by atoms with E-state index < -0.39 is 0 Å². The number of rotatable bonds is 2. The van der Waals surface area contributed by atoms with Gasteiger partial charge in [-0.25, -0.2) is 5.43 Å². The second kappa shape index (κ2) is 5.88. The summed E-state index contributed by atoms with van der Waals surface area (Å²) in [7, 11) is 0. The fraction of sp³-hybridized carbons (Fsp3) is 0.0625. The van der Waals surface area contributed by atoms with E-state index in [0.717, 1.165) is 9.13 Å². The van der Waals surface area contributed by atoms with E-state index >= 15 is 0 Å². The van der Waals surface area contributed by atoms with Crippen molar-refractivity contribution in [2.75, 3.05) is 5.32 Å². The second-order valence-electron chi connectivity index (χ2n) is 4.91. The van der Waals surface area contributed by atoms with Crippen LogP contribution in [0.25, 0.3) is 0 Å². The van der Waals surface area contributed by atoms with Gasteiger partial charge in [0.05, 0.1) is 5.69 Å². The summed E-state index contributed by atoms with van der Waals surface area (Å²) in [5.41, 5.74) is 5.62. The van der Waals surface area contributed by atoms with Gasteiger partial charge >= 0.3 is 0 Å². The topological polar surface area (TPSA) is 70.6 Å². The number of hydrogen-bond donors (Lipinski definition) is 2. The lowest BCUT2D eigenvalue weighted by molar-refractivity contribution is -0.110. The number of aryl methyl sites for hydroxylation is 1. The van der Waals surface area contributed by atoms with Crippen molar-refractivity contribution >= 4 is 45.8 Å². The smallest absolute Gasteiger partial charge is 0.276 e. The van der Waals surface area contributed by atoms with Crippen LogP contribution < -0.4 is 10.7 Å². The largest absolute Gasteiger partial charge is 0.320 e. The van der Waals surface area contributed by atoms with Crippen LogP contribution in [0.2, 0.25) is 0 Å². The highest BCUT2D eigenvalue weighted by molar-refractivity contribution is 14.1. The lowest BCUT2D eigenvalue weighted by Crippen LogP contribution is -2.23. The van der Waals surface area contributed by atoms with Crippen LogP contribution in [0.1, 0.15) is 21.5 Å². The summed E-state index contributed by atoms with van der Waals surface area (Å²) >= 11 is 2.16. The molecular formula is C16H12IN3O2. The van der Waals surface area contributed by atoms with Gasteiger partial charge in [-0.3, -0.25) is 9.59 Å². The average molecular weight is 405 g/mol. The molecule has 0 spiro atoms. The molecule has 1 aliphatic rings. The first-order chi connectivity index (χ1) is 10.5. The lowest BCUT2D eigenvalue weighted by atomic mass is 10.1. The van der Waals surface area contributed by atoms with E-state index in [-0.39, 0.29) is 17.5 Å². The van der Waals surface area contributed by atoms with Gasteiger partial charge < -0.3 is 5.32 Å². The first-order valence-corrected chi connectivity index (χ1v) is 7.68. The van der Waals surface area contributed by atoms with Crippen molar-refractivity contribution in [1.82, 2.24) is 5.43 Å². The monoisotopic (exact) mass is 405 g/mol. The Labute approximate surface area is 140 Å². The van der Waals surface area contributed by atoms with Gasteiger partial charge in [0.15, 0.2) is 5.71 Å². The van der Waals surface area contributed by atoms with Gasteiger partial charge in [-0.15, -0.1) is 0 Å². The number of nitrogens with one attached hydrogen (secondary N) is 2. The first-order valence-electron chi connectivity index (χ1n) is 6.60. The number of benzene rings is 2. The Hall–Kier alpha value is -2.22. The molecule has 2 aromatic rings. The number of halogens is 1. The first kappa shape index (κ1) is 14.7. The minimum atomic E-state index is -0.348. The Kier molecular flexibility index (Phi) is 3.93. The zero-order valence-corrected chi connectivity index (χ0v) is 13.8. The highest BCUT2D eigenvalue weighted by Gasteiger charge is 2.26. The number of hydrogen-bond acceptors (Lipinski definition) is 3. The summed E-state index contributed by atoms with van der Waals surface area (Å²) in [6.07, 6.45) is 0. The number of carbonyl (C=O) groups is 2. The van der Waals surface area contributed by atoms with E-state index in [1.54, 1.807) is 12.1 Å². The van der Waals surface area contributed by atoms with E-state index in [9.17, 15) is 9.59 Å². The molecule has 0 aliphatic carbocycles. The summed E-state index contributed by atoms with van der Waals surface area (Å²) in [5, 5.41) is 6.71. The third kappa shape index (κ3) is 2.87. The number of nitrogens with zero attached hydrogens (tertiary/aromatic N) is 1. The molecule has 0 bridgehead atoms. The number of carbonyl (C=O) groups excluding carboxylic acids is 2. The maximum Gasteiger partial charge on any atom is 0.276 e. The van der Waals surface area contributed by atoms with Crippen LogP contribution in [-0.4, -0.2) is 17.5 Å². The van der Waals surface area contributed by atoms with Crippen molar-refractivity contribution in [2.45, 2.75) is 6.92 Å². The number of anilines is 1. The van der Waals surface area contributed by atoms with Gasteiger partial charge in [-0.1, -0.05) is 17.7 Å². The summed E-state index contributed by atoms with van der Waals surface area (Å²) < 4.78 is 0.991. The standard InChI is InChI=1S/C16H12IN3O2/c1-9-2-4-10(5-3-9)15(21)20-19-14-12-8-11(17)6-7-13(12)18-16(14)22/h2-8H,1H3,(H,20,21)(H,18,19,22). The molecule has 0 unspecified atom stereocenters. The Bertz CT molecular complexity index is 798. The van der Waals surface area contributed by atoms with Crippen molar-refractivity contribution in [3.05, 3.63) is 62.7 Å². The van der Waals surface area contributed by atoms with Gasteiger partial charge in [0.25, 0.3) is 11.8 Å². The minimum Gasteiger partial charge on any atom is -0.320 e. The van der Waals surface area contributed by atoms with Gasteiger partial charge in [0, 0.05) is 14.7 Å². The van der Waals surface area contributed by atoms with Crippen LogP contribution in [0.15, 0.2) is 47.6 Å². The Morgan fingerprint density at radius 1 is 1.18 bits per heavy atom. The highest BCUT2D eigenvalue weighted by Crippen LogP contribution is 2.25. The van der Waals surface area contributed by atoms with E-state index in [1.165, 1.54) is 0 Å². The fourth-order valence-electron chi connectivity index (χ4n) is 2.11. The third-order valence-electron chi connectivity index (χ3n) is 3.28. The molecule has 0 saturated heterocycles. The van der Waals surface area contributed by atoms with Gasteiger partial charge in [-0.2, -0.15) is 5.10 Å². The lowest BCUT2D eigenvalue weighted by Gasteiger charge is -2.02. The maximum absolute atomic E-state index is 12.0. The number of hydrazone groups is 1. The van der Waals surface area contributed by atoms with Crippen LogP contribution in [0, 0.1) is 10.5 Å². The van der Waals surface area contributed by atoms with E-state index in [2.05, 4.69) is 38.4 Å². The predicted octanol–water partition coefficient (Wildman–Crippen LogP) is 2.69. The summed E-state index contributed by atoms with van der Waals surface area (Å²) in [4.78, 5) is 24.0. The Morgan fingerprint density at radius 2 is 1.91 bits per heavy atom. The molecule has 1 heterocycles. The molecule has 5 nitrogen and oxygen atoms in total. The SMILES string of the molecule is Cc1ccc(C(=O)N/N=C2/C(=O)Nc3ccc(I)cc32)cc1. The van der Waals surface area contributed by atoms with Crippen LogP contribution in [0.4, 0.5) is 5.69 Å². The van der Waals surface area contributed by atoms with E-state index in [0.29, 0.717) is 16.8 Å². The van der Waals surface area contributed by atoms with E-state index in [4.69, 9.17) is 0 Å². The second-order valence-corrected chi connectivity index (χ2v) is 6.16. The Balaban J connectivity index is 1.84. The molecule has 1 aliphatic heterocycles. The summed E-state index contributed by atoms with van der Waals surface area (Å²) in [5.74, 6) is -0.666. The molecule has 0 fully saturated rings. The molecule has 0 radical (unpaired) electrons. The quantitative estimate of drug-likeness (QED) is 0.596. The molecular weight excluding hydrogens is 393 g/mol. The van der Waals surface area contributed by atoms with Gasteiger partial charge in [0.2, 0.25) is 0 Å². The third-order valence-corrected chi connectivity index (χ3v) is 3.95. The molecule has 0 saturated carbocycles. The molecule has 2 aromatic carbocycles. The maximum atomic E-state index is 12.0. The number of fused-ring (bicyclic) bond motifs is 1. The molecule has 2 amide bonds. The molecule has 22 heavy (non-hydrogen) atoms. The molecule has 6 heteroatoms. The predicted molar refractivity (Wildman–Crippen MR) is 93.0 cm³/mol. The van der Waals surface area contributed by atoms with Crippen molar-refractivity contribution in [3.63, 3.8) is 0 Å². The van der Waals surface area contributed by atoms with E-state index in [1.807, 2.05) is 37.3 Å². The van der Waals surface area contributed by atoms with Crippen LogP contribution >= 0.6 is 22.6 Å². The van der Waals surface area contributed by atoms with Crippen molar-refractivity contribution < 1.29 is 9.59 Å². The van der Waals surface area contributed by atoms with Crippen LogP contribution in [0.3, 0.4) is 0 Å². The number of amides is 2. The molecule has 3 rings (SSSR count). The minimum absolute atomic E-state index is 0.217. The Morgan fingerprint density at radius 3 is 2.64 bits per heavy atom. The zero-order chi connectivity index (χ0) is 15.7. The highest BCUT2D eigenvalue weighted by atomic mass is 127. The van der Waals surface area contributed by atoms with Crippen molar-refractivity contribution in [2.24, 2.45) is 5.10 Å². The fourth-order valence-corrected chi connectivity index (χ4v) is 2.60. The van der Waals surface area contributed by atoms with Crippen molar-refractivity contribution in [3.8, 4) is 0 Å². The molecule has 110 valence electrons. The normalized spacial score (nSPS) is 14.6. The zero-order valence-electron chi connectivity index (χ0n) is 11.7. The van der Waals surface area contributed by atoms with Crippen LogP contribution in [-0.2, 0) is 4.79 Å². The average Bonchev–Trinajstić information content (AvgIpc) is 2.80. The molecule has 0 aromatic heterocycles. The van der Waals surface area contributed by atoms with Crippen LogP contribution in [0.5, 0.6) is 0 Å². The van der Waals surface area contributed by atoms with Crippen molar-refractivity contribution in [1.29, 1.82) is 0 Å². The van der Waals surface area contributed by atoms with Gasteiger partial charge in [0.1, 0.15) is 0 Å². The summed E-state index contributed by atoms with van der Waals surface area (Å²) in [6, 6.07) is 12.7. The molecule has 0 atom stereocenters.